The summed E-state index contributed by atoms with van der Waals surface area (Å²) in [6.07, 6.45) is 1.43. The zero-order chi connectivity index (χ0) is 21.3. The number of carbonyl (C=O) groups is 3. The van der Waals surface area contributed by atoms with Gasteiger partial charge in [-0.25, -0.2) is 10.2 Å². The molecule has 0 radical (unpaired) electrons. The van der Waals surface area contributed by atoms with Crippen molar-refractivity contribution in [1.29, 1.82) is 0 Å². The van der Waals surface area contributed by atoms with Crippen LogP contribution in [0.3, 0.4) is 0 Å². The van der Waals surface area contributed by atoms with Gasteiger partial charge >= 0.3 is 5.97 Å². The number of halogens is 1. The van der Waals surface area contributed by atoms with Gasteiger partial charge in [0.1, 0.15) is 10.6 Å². The molecule has 0 atom stereocenters. The Labute approximate surface area is 181 Å². The molecule has 0 saturated heterocycles. The van der Waals surface area contributed by atoms with E-state index in [2.05, 4.69) is 15.8 Å². The van der Waals surface area contributed by atoms with Crippen LogP contribution in [-0.4, -0.2) is 30.5 Å². The summed E-state index contributed by atoms with van der Waals surface area (Å²) in [5.41, 5.74) is 3.37. The average molecular weight is 442 g/mol. The molecule has 1 aromatic heterocycles. The zero-order valence-electron chi connectivity index (χ0n) is 15.5. The normalized spacial score (nSPS) is 10.6. The van der Waals surface area contributed by atoms with E-state index < -0.39 is 17.8 Å². The predicted octanol–water partition coefficient (Wildman–Crippen LogP) is 3.50. The first kappa shape index (κ1) is 21.2. The minimum atomic E-state index is -0.483. The lowest BCUT2D eigenvalue weighted by atomic mass is 10.2. The Hall–Kier alpha value is -3.49. The highest BCUT2D eigenvalue weighted by Crippen LogP contribution is 2.16. The van der Waals surface area contributed by atoms with Crippen LogP contribution in [0.5, 0.6) is 5.75 Å². The summed E-state index contributed by atoms with van der Waals surface area (Å²) in [6.45, 7) is -0.236. The van der Waals surface area contributed by atoms with Crippen LogP contribution in [0, 0.1) is 0 Å². The van der Waals surface area contributed by atoms with E-state index >= 15 is 0 Å². The van der Waals surface area contributed by atoms with Gasteiger partial charge in [0.2, 0.25) is 0 Å². The molecule has 3 rings (SSSR count). The Morgan fingerprint density at radius 3 is 2.57 bits per heavy atom. The van der Waals surface area contributed by atoms with E-state index in [-0.39, 0.29) is 6.54 Å². The van der Waals surface area contributed by atoms with E-state index in [4.69, 9.17) is 16.3 Å². The molecular weight excluding hydrogens is 426 g/mol. The van der Waals surface area contributed by atoms with Gasteiger partial charge in [0.25, 0.3) is 11.8 Å². The van der Waals surface area contributed by atoms with Crippen molar-refractivity contribution >= 4 is 46.9 Å². The summed E-state index contributed by atoms with van der Waals surface area (Å²) in [4.78, 5) is 36.2. The third-order valence-electron chi connectivity index (χ3n) is 3.71. The van der Waals surface area contributed by atoms with E-state index in [1.54, 1.807) is 60.0 Å². The van der Waals surface area contributed by atoms with Crippen LogP contribution in [0.15, 0.2) is 71.1 Å². The van der Waals surface area contributed by atoms with Crippen LogP contribution in [0.2, 0.25) is 5.02 Å². The minimum absolute atomic E-state index is 0.236. The Balaban J connectivity index is 1.43. The van der Waals surface area contributed by atoms with Gasteiger partial charge in [-0.3, -0.25) is 9.59 Å². The molecule has 0 spiro atoms. The van der Waals surface area contributed by atoms with E-state index in [9.17, 15) is 14.4 Å². The molecule has 7 nitrogen and oxygen atoms in total. The van der Waals surface area contributed by atoms with Gasteiger partial charge in [-0.2, -0.15) is 5.10 Å². The zero-order valence-corrected chi connectivity index (χ0v) is 17.1. The predicted molar refractivity (Wildman–Crippen MR) is 115 cm³/mol. The van der Waals surface area contributed by atoms with Crippen molar-refractivity contribution < 1.29 is 19.1 Å². The quantitative estimate of drug-likeness (QED) is 0.254. The van der Waals surface area contributed by atoms with Crippen LogP contribution in [0.25, 0.3) is 0 Å². The highest BCUT2D eigenvalue weighted by molar-refractivity contribution is 7.12. The number of rotatable bonds is 7. The molecule has 0 aliphatic heterocycles. The van der Waals surface area contributed by atoms with Gasteiger partial charge in [-0.05, 0) is 59.5 Å². The molecule has 2 N–H and O–H groups in total. The molecule has 0 aliphatic carbocycles. The lowest BCUT2D eigenvalue weighted by molar-refractivity contribution is -0.120. The highest BCUT2D eigenvalue weighted by atomic mass is 35.5. The van der Waals surface area contributed by atoms with Crippen LogP contribution >= 0.6 is 22.9 Å². The SMILES string of the molecule is O=C(CNC(=O)c1cccc(Cl)c1)NN=Cc1ccc(OC(=O)c2cccs2)cc1. The van der Waals surface area contributed by atoms with Crippen molar-refractivity contribution in [2.75, 3.05) is 6.54 Å². The van der Waals surface area contributed by atoms with E-state index in [1.807, 2.05) is 0 Å². The van der Waals surface area contributed by atoms with E-state index in [0.29, 0.717) is 26.8 Å². The summed E-state index contributed by atoms with van der Waals surface area (Å²) >= 11 is 7.14. The molecule has 0 bridgehead atoms. The summed E-state index contributed by atoms with van der Waals surface area (Å²) in [6, 6.07) is 16.5. The number of amides is 2. The number of benzene rings is 2. The maximum atomic E-state index is 12.0. The van der Waals surface area contributed by atoms with Gasteiger partial charge in [0.05, 0.1) is 12.8 Å². The summed E-state index contributed by atoms with van der Waals surface area (Å²) in [7, 11) is 0. The Morgan fingerprint density at radius 2 is 1.87 bits per heavy atom. The lowest BCUT2D eigenvalue weighted by Gasteiger charge is -2.05. The lowest BCUT2D eigenvalue weighted by Crippen LogP contribution is -2.34. The number of thiophene rings is 1. The van der Waals surface area contributed by atoms with Gasteiger partial charge in [-0.15, -0.1) is 11.3 Å². The second-order valence-corrected chi connectivity index (χ2v) is 7.31. The molecule has 3 aromatic rings. The van der Waals surface area contributed by atoms with Crippen molar-refractivity contribution in [3.05, 3.63) is 87.1 Å². The van der Waals surface area contributed by atoms with E-state index in [0.717, 1.165) is 0 Å². The molecular formula is C21H16ClN3O4S. The smallest absolute Gasteiger partial charge is 0.353 e. The number of hydrogen-bond acceptors (Lipinski definition) is 6. The first-order chi connectivity index (χ1) is 14.5. The Morgan fingerprint density at radius 1 is 1.07 bits per heavy atom. The van der Waals surface area contributed by atoms with Gasteiger partial charge in [0.15, 0.2) is 0 Å². The van der Waals surface area contributed by atoms with Crippen molar-refractivity contribution in [3.8, 4) is 5.75 Å². The van der Waals surface area contributed by atoms with Crippen LogP contribution < -0.4 is 15.5 Å². The summed E-state index contributed by atoms with van der Waals surface area (Å²) in [5, 5.41) is 8.55. The molecule has 2 aromatic carbocycles. The Bertz CT molecular complexity index is 1070. The number of esters is 1. The summed E-state index contributed by atoms with van der Waals surface area (Å²) < 4.78 is 5.26. The third kappa shape index (κ3) is 6.26. The molecule has 9 heteroatoms. The third-order valence-corrected chi connectivity index (χ3v) is 4.80. The van der Waals surface area contributed by atoms with Gasteiger partial charge in [-0.1, -0.05) is 23.7 Å². The second-order valence-electron chi connectivity index (χ2n) is 5.92. The largest absolute Gasteiger partial charge is 0.422 e. The summed E-state index contributed by atoms with van der Waals surface area (Å²) in [5.74, 6) is -0.913. The maximum Gasteiger partial charge on any atom is 0.353 e. The second kappa shape index (κ2) is 10.3. The average Bonchev–Trinajstić information content (AvgIpc) is 3.28. The van der Waals surface area contributed by atoms with Crippen molar-refractivity contribution in [1.82, 2.24) is 10.7 Å². The first-order valence-electron chi connectivity index (χ1n) is 8.73. The van der Waals surface area contributed by atoms with Crippen LogP contribution in [0.1, 0.15) is 25.6 Å². The number of nitrogens with one attached hydrogen (secondary N) is 2. The Kier molecular flexibility index (Phi) is 7.31. The van der Waals surface area contributed by atoms with Crippen LogP contribution in [-0.2, 0) is 4.79 Å². The number of hydrazone groups is 1. The molecule has 0 fully saturated rings. The molecule has 1 heterocycles. The van der Waals surface area contributed by atoms with Gasteiger partial charge < -0.3 is 10.1 Å². The molecule has 2 amide bonds. The highest BCUT2D eigenvalue weighted by Gasteiger charge is 2.09. The fourth-order valence-electron chi connectivity index (χ4n) is 2.28. The number of ether oxygens (including phenoxy) is 1. The van der Waals surface area contributed by atoms with Crippen molar-refractivity contribution in [2.45, 2.75) is 0 Å². The molecule has 30 heavy (non-hydrogen) atoms. The van der Waals surface area contributed by atoms with Gasteiger partial charge in [0, 0.05) is 10.6 Å². The molecule has 0 aliphatic rings. The molecule has 152 valence electrons. The standard InChI is InChI=1S/C21H16ClN3O4S/c22-16-4-1-3-15(11-16)20(27)23-13-19(26)25-24-12-14-6-8-17(9-7-14)29-21(28)18-5-2-10-30-18/h1-12H,13H2,(H,23,27)(H,25,26). The monoisotopic (exact) mass is 441 g/mol. The minimum Gasteiger partial charge on any atom is -0.422 e. The fraction of sp³-hybridized carbons (Fsp3) is 0.0476. The topological polar surface area (TPSA) is 96.9 Å². The van der Waals surface area contributed by atoms with E-state index in [1.165, 1.54) is 23.6 Å². The van der Waals surface area contributed by atoms with Crippen LogP contribution in [0.4, 0.5) is 0 Å². The van der Waals surface area contributed by atoms with Crippen molar-refractivity contribution in [3.63, 3.8) is 0 Å². The molecule has 0 unspecified atom stereocenters. The van der Waals surface area contributed by atoms with Crippen molar-refractivity contribution in [2.24, 2.45) is 5.10 Å². The fourth-order valence-corrected chi connectivity index (χ4v) is 3.07. The number of hydrogen-bond donors (Lipinski definition) is 2. The maximum absolute atomic E-state index is 12.0. The molecule has 0 saturated carbocycles. The number of nitrogens with zero attached hydrogens (tertiary/aromatic N) is 1. The number of carbonyl (C=O) groups excluding carboxylic acids is 3. The first-order valence-corrected chi connectivity index (χ1v) is 9.98.